The minimum atomic E-state index is -0.217. The first kappa shape index (κ1) is 22.7. The molecule has 7 heteroatoms. The molecule has 1 heterocycles. The summed E-state index contributed by atoms with van der Waals surface area (Å²) in [5.74, 6) is 0.531. The van der Waals surface area contributed by atoms with Crippen LogP contribution in [0.5, 0.6) is 0 Å². The molecule has 2 unspecified atom stereocenters. The first-order chi connectivity index (χ1) is 12.1. The maximum atomic E-state index is 11.2. The Morgan fingerprint density at radius 2 is 2.08 bits per heavy atom. The van der Waals surface area contributed by atoms with Crippen molar-refractivity contribution < 1.29 is 9.53 Å². The van der Waals surface area contributed by atoms with E-state index in [-0.39, 0.29) is 29.9 Å². The minimum absolute atomic E-state index is 0. The molecule has 0 radical (unpaired) electrons. The number of esters is 1. The summed E-state index contributed by atoms with van der Waals surface area (Å²) in [7, 11) is 3.15. The van der Waals surface area contributed by atoms with Crippen LogP contribution in [0, 0.1) is 0 Å². The van der Waals surface area contributed by atoms with E-state index in [1.54, 1.807) is 7.05 Å². The molecule has 0 spiro atoms. The molecule has 0 aliphatic carbocycles. The Morgan fingerprint density at radius 3 is 2.69 bits per heavy atom. The van der Waals surface area contributed by atoms with E-state index in [4.69, 9.17) is 0 Å². The van der Waals surface area contributed by atoms with E-state index in [1.165, 1.54) is 12.7 Å². The normalized spacial score (nSPS) is 20.8. The lowest BCUT2D eigenvalue weighted by Crippen LogP contribution is -2.51. The van der Waals surface area contributed by atoms with Crippen molar-refractivity contribution >= 4 is 35.9 Å². The molecular weight excluding hydrogens is 443 g/mol. The number of carbonyl (C=O) groups excluding carboxylic acids is 1. The van der Waals surface area contributed by atoms with Gasteiger partial charge in [0.2, 0.25) is 0 Å². The van der Waals surface area contributed by atoms with Crippen molar-refractivity contribution in [2.75, 3.05) is 27.2 Å². The van der Waals surface area contributed by atoms with Crippen molar-refractivity contribution in [2.45, 2.75) is 44.8 Å². The van der Waals surface area contributed by atoms with Gasteiger partial charge in [-0.15, -0.1) is 24.0 Å². The maximum Gasteiger partial charge on any atom is 0.307 e. The highest BCUT2D eigenvalue weighted by Crippen LogP contribution is 2.19. The van der Waals surface area contributed by atoms with Gasteiger partial charge in [-0.3, -0.25) is 14.7 Å². The number of guanidine groups is 1. The average Bonchev–Trinajstić information content (AvgIpc) is 2.63. The Kier molecular flexibility index (Phi) is 10.6. The maximum absolute atomic E-state index is 11.2. The molecule has 146 valence electrons. The van der Waals surface area contributed by atoms with Gasteiger partial charge in [0.1, 0.15) is 0 Å². The predicted octanol–water partition coefficient (Wildman–Crippen LogP) is 2.39. The molecule has 0 bridgehead atoms. The number of halogens is 1. The number of nitrogens with one attached hydrogen (secondary N) is 2. The van der Waals surface area contributed by atoms with Crippen LogP contribution in [0.15, 0.2) is 35.3 Å². The van der Waals surface area contributed by atoms with Crippen LogP contribution in [0.3, 0.4) is 0 Å². The van der Waals surface area contributed by atoms with Gasteiger partial charge in [-0.2, -0.15) is 0 Å². The highest BCUT2D eigenvalue weighted by molar-refractivity contribution is 14.0. The summed E-state index contributed by atoms with van der Waals surface area (Å²) in [6.07, 6.45) is 2.49. The van der Waals surface area contributed by atoms with Crippen molar-refractivity contribution in [1.82, 2.24) is 15.5 Å². The van der Waals surface area contributed by atoms with Crippen LogP contribution < -0.4 is 10.6 Å². The number of rotatable bonds is 6. The molecule has 0 saturated carbocycles. The average molecular weight is 474 g/mol. The van der Waals surface area contributed by atoms with Crippen molar-refractivity contribution in [3.63, 3.8) is 0 Å². The van der Waals surface area contributed by atoms with Gasteiger partial charge in [-0.05, 0) is 25.3 Å². The molecule has 6 nitrogen and oxygen atoms in total. The van der Waals surface area contributed by atoms with E-state index < -0.39 is 0 Å². The molecule has 26 heavy (non-hydrogen) atoms. The number of hydrogen-bond donors (Lipinski definition) is 2. The highest BCUT2D eigenvalue weighted by atomic mass is 127. The van der Waals surface area contributed by atoms with E-state index in [0.717, 1.165) is 31.9 Å². The second-order valence-electron chi connectivity index (χ2n) is 6.50. The number of aliphatic imine (C=N–C) groups is 1. The van der Waals surface area contributed by atoms with Gasteiger partial charge in [-0.25, -0.2) is 0 Å². The first-order valence-electron chi connectivity index (χ1n) is 8.94. The van der Waals surface area contributed by atoms with Gasteiger partial charge >= 0.3 is 5.97 Å². The summed E-state index contributed by atoms with van der Waals surface area (Å²) in [6, 6.07) is 11.5. The highest BCUT2D eigenvalue weighted by Gasteiger charge is 2.25. The quantitative estimate of drug-likeness (QED) is 0.287. The van der Waals surface area contributed by atoms with E-state index in [1.807, 2.05) is 0 Å². The lowest BCUT2D eigenvalue weighted by molar-refractivity contribution is -0.140. The monoisotopic (exact) mass is 474 g/mol. The molecule has 1 saturated heterocycles. The lowest BCUT2D eigenvalue weighted by Gasteiger charge is -2.38. The van der Waals surface area contributed by atoms with E-state index in [9.17, 15) is 4.79 Å². The van der Waals surface area contributed by atoms with Gasteiger partial charge in [0.05, 0.1) is 13.5 Å². The summed E-state index contributed by atoms with van der Waals surface area (Å²) in [6.45, 7) is 4.87. The molecule has 1 fully saturated rings. The largest absolute Gasteiger partial charge is 0.469 e. The molecular formula is C19H31IN4O2. The molecule has 1 aliphatic rings. The van der Waals surface area contributed by atoms with Gasteiger partial charge in [0.15, 0.2) is 5.96 Å². The fourth-order valence-electron chi connectivity index (χ4n) is 3.18. The van der Waals surface area contributed by atoms with Crippen LogP contribution in [0.2, 0.25) is 0 Å². The summed E-state index contributed by atoms with van der Waals surface area (Å²) in [4.78, 5) is 17.9. The Morgan fingerprint density at radius 1 is 1.35 bits per heavy atom. The van der Waals surface area contributed by atoms with E-state index in [0.29, 0.717) is 25.0 Å². The van der Waals surface area contributed by atoms with Crippen molar-refractivity contribution in [1.29, 1.82) is 0 Å². The molecule has 2 rings (SSSR count). The fraction of sp³-hybridized carbons (Fsp3) is 0.579. The topological polar surface area (TPSA) is 66.0 Å². The second kappa shape index (κ2) is 12.1. The Bertz CT molecular complexity index is 568. The van der Waals surface area contributed by atoms with Gasteiger partial charge < -0.3 is 15.4 Å². The number of benzene rings is 1. The number of carbonyl (C=O) groups is 1. The standard InChI is InChI=1S/C19H30N4O2.HI/c1-15-13-17(22-19(20-2)21-11-9-18(24)25-3)10-12-23(15)14-16-7-5-4-6-8-16;/h4-8,15,17H,9-14H2,1-3H3,(H2,20,21,22);1H. The lowest BCUT2D eigenvalue weighted by atomic mass is 9.97. The molecule has 1 aliphatic heterocycles. The number of methoxy groups -OCH3 is 1. The number of likely N-dealkylation sites (tertiary alicyclic amines) is 1. The summed E-state index contributed by atoms with van der Waals surface area (Å²) in [5, 5.41) is 6.64. The molecule has 0 amide bonds. The van der Waals surface area contributed by atoms with E-state index >= 15 is 0 Å². The zero-order chi connectivity index (χ0) is 18.1. The van der Waals surface area contributed by atoms with Crippen molar-refractivity contribution in [2.24, 2.45) is 4.99 Å². The Hall–Kier alpha value is -1.35. The van der Waals surface area contributed by atoms with Crippen LogP contribution >= 0.6 is 24.0 Å². The third-order valence-electron chi connectivity index (χ3n) is 4.66. The summed E-state index contributed by atoms with van der Waals surface area (Å²) < 4.78 is 4.65. The number of ether oxygens (including phenoxy) is 1. The van der Waals surface area contributed by atoms with Crippen molar-refractivity contribution in [3.8, 4) is 0 Å². The van der Waals surface area contributed by atoms with Gasteiger partial charge in [0.25, 0.3) is 0 Å². The number of piperidine rings is 1. The summed E-state index contributed by atoms with van der Waals surface area (Å²) in [5.41, 5.74) is 1.36. The van der Waals surface area contributed by atoms with Crippen LogP contribution in [0.4, 0.5) is 0 Å². The Balaban J connectivity index is 0.00000338. The first-order valence-corrected chi connectivity index (χ1v) is 8.94. The molecule has 1 aromatic carbocycles. The molecule has 0 aromatic heterocycles. The number of nitrogens with zero attached hydrogens (tertiary/aromatic N) is 2. The van der Waals surface area contributed by atoms with Crippen LogP contribution in [0.1, 0.15) is 31.7 Å². The molecule has 2 atom stereocenters. The number of hydrogen-bond acceptors (Lipinski definition) is 4. The van der Waals surface area contributed by atoms with Crippen molar-refractivity contribution in [3.05, 3.63) is 35.9 Å². The molecule has 1 aromatic rings. The molecule has 2 N–H and O–H groups in total. The van der Waals surface area contributed by atoms with Crippen LogP contribution in [-0.2, 0) is 16.1 Å². The fourth-order valence-corrected chi connectivity index (χ4v) is 3.18. The zero-order valence-corrected chi connectivity index (χ0v) is 18.2. The third kappa shape index (κ3) is 7.49. The Labute approximate surface area is 173 Å². The van der Waals surface area contributed by atoms with Gasteiger partial charge in [-0.1, -0.05) is 30.3 Å². The third-order valence-corrected chi connectivity index (χ3v) is 4.66. The zero-order valence-electron chi connectivity index (χ0n) is 15.9. The van der Waals surface area contributed by atoms with Gasteiger partial charge in [0, 0.05) is 38.8 Å². The SMILES string of the molecule is CN=C(NCCC(=O)OC)NC1CCN(Cc2ccccc2)C(C)C1.I. The second-order valence-corrected chi connectivity index (χ2v) is 6.50. The van der Waals surface area contributed by atoms with Crippen LogP contribution in [-0.4, -0.2) is 56.2 Å². The van der Waals surface area contributed by atoms with E-state index in [2.05, 4.69) is 62.5 Å². The summed E-state index contributed by atoms with van der Waals surface area (Å²) >= 11 is 0. The van der Waals surface area contributed by atoms with Crippen LogP contribution in [0.25, 0.3) is 0 Å². The smallest absolute Gasteiger partial charge is 0.307 e. The minimum Gasteiger partial charge on any atom is -0.469 e. The predicted molar refractivity (Wildman–Crippen MR) is 116 cm³/mol.